The number of halogens is 1. The van der Waals surface area contributed by atoms with E-state index in [-0.39, 0.29) is 5.91 Å². The van der Waals surface area contributed by atoms with E-state index in [0.717, 1.165) is 15.8 Å². The van der Waals surface area contributed by atoms with Gasteiger partial charge in [-0.3, -0.25) is 10.1 Å². The third kappa shape index (κ3) is 3.37. The van der Waals surface area contributed by atoms with E-state index in [1.54, 1.807) is 18.2 Å². The number of thiazole rings is 1. The highest BCUT2D eigenvalue weighted by Gasteiger charge is 2.13. The molecule has 2 aromatic carbocycles. The summed E-state index contributed by atoms with van der Waals surface area (Å²) in [6.45, 7) is 6.47. The van der Waals surface area contributed by atoms with E-state index in [4.69, 9.17) is 16.3 Å². The van der Waals surface area contributed by atoms with Crippen molar-refractivity contribution < 1.29 is 9.53 Å². The van der Waals surface area contributed by atoms with Gasteiger partial charge in [-0.15, -0.1) is 0 Å². The summed E-state index contributed by atoms with van der Waals surface area (Å²) in [4.78, 5) is 16.9. The molecule has 3 rings (SSSR count). The maximum absolute atomic E-state index is 12.4. The summed E-state index contributed by atoms with van der Waals surface area (Å²) in [6, 6.07) is 9.15. The largest absolute Gasteiger partial charge is 0.492 e. The molecular weight excluding hydrogens is 344 g/mol. The van der Waals surface area contributed by atoms with Crippen LogP contribution < -0.4 is 10.1 Å². The Morgan fingerprint density at radius 2 is 2.08 bits per heavy atom. The second-order valence-corrected chi connectivity index (χ2v) is 6.92. The molecule has 0 atom stereocenters. The Kier molecular flexibility index (Phi) is 4.73. The molecule has 1 N–H and O–H groups in total. The van der Waals surface area contributed by atoms with Gasteiger partial charge in [0.25, 0.3) is 5.91 Å². The summed E-state index contributed by atoms with van der Waals surface area (Å²) in [5, 5.41) is 3.84. The van der Waals surface area contributed by atoms with Gasteiger partial charge in [-0.2, -0.15) is 0 Å². The monoisotopic (exact) mass is 360 g/mol. The lowest BCUT2D eigenvalue weighted by molar-refractivity contribution is 0.102. The molecule has 0 aliphatic rings. The lowest BCUT2D eigenvalue weighted by Crippen LogP contribution is -2.11. The molecule has 1 aromatic heterocycles. The van der Waals surface area contributed by atoms with Gasteiger partial charge in [0.1, 0.15) is 5.75 Å². The minimum atomic E-state index is -0.242. The van der Waals surface area contributed by atoms with E-state index in [1.807, 2.05) is 20.8 Å². The van der Waals surface area contributed by atoms with Crippen LogP contribution in [0.5, 0.6) is 5.75 Å². The summed E-state index contributed by atoms with van der Waals surface area (Å²) >= 11 is 7.60. The molecule has 0 saturated heterocycles. The summed E-state index contributed by atoms with van der Waals surface area (Å²) in [6.07, 6.45) is 0. The summed E-state index contributed by atoms with van der Waals surface area (Å²) in [7, 11) is 0. The molecule has 0 fully saturated rings. The normalized spacial score (nSPS) is 10.8. The highest BCUT2D eigenvalue weighted by Crippen LogP contribution is 2.30. The molecule has 0 bridgehead atoms. The first-order valence-corrected chi connectivity index (χ1v) is 8.79. The third-order valence-corrected chi connectivity index (χ3v) is 4.76. The van der Waals surface area contributed by atoms with Crippen LogP contribution in [0.2, 0.25) is 5.02 Å². The number of rotatable bonds is 4. The molecule has 3 aromatic rings. The number of hydrogen-bond acceptors (Lipinski definition) is 4. The number of nitrogens with one attached hydrogen (secondary N) is 1. The van der Waals surface area contributed by atoms with Crippen LogP contribution >= 0.6 is 22.9 Å². The fourth-order valence-electron chi connectivity index (χ4n) is 2.51. The number of anilines is 1. The summed E-state index contributed by atoms with van der Waals surface area (Å²) in [5.74, 6) is 0.329. The van der Waals surface area contributed by atoms with Gasteiger partial charge in [-0.1, -0.05) is 29.0 Å². The molecular formula is C18H17ClN2O2S. The van der Waals surface area contributed by atoms with Gasteiger partial charge >= 0.3 is 0 Å². The zero-order valence-corrected chi connectivity index (χ0v) is 15.2. The van der Waals surface area contributed by atoms with Gasteiger partial charge in [0.2, 0.25) is 0 Å². The van der Waals surface area contributed by atoms with E-state index >= 15 is 0 Å². The Morgan fingerprint density at radius 1 is 1.29 bits per heavy atom. The van der Waals surface area contributed by atoms with Crippen molar-refractivity contribution in [1.82, 2.24) is 4.98 Å². The minimum Gasteiger partial charge on any atom is -0.492 e. The maximum atomic E-state index is 12.4. The second kappa shape index (κ2) is 6.79. The van der Waals surface area contributed by atoms with E-state index in [2.05, 4.69) is 22.4 Å². The number of fused-ring (bicyclic) bond motifs is 1. The number of aryl methyl sites for hydroxylation is 2. The quantitative estimate of drug-likeness (QED) is 0.694. The fraction of sp³-hybridized carbons (Fsp3) is 0.222. The number of amides is 1. The number of nitrogens with zero attached hydrogens (tertiary/aromatic N) is 1. The molecule has 0 saturated carbocycles. The van der Waals surface area contributed by atoms with E-state index in [9.17, 15) is 4.79 Å². The number of ether oxygens (including phenoxy) is 1. The standard InChI is InChI=1S/C18H17ClN2O2S/c1-4-23-14-6-5-12(9-13(14)19)17(22)21-18-20-16-11(3)7-10(2)8-15(16)24-18/h5-9H,4H2,1-3H3,(H,20,21,22). The van der Waals surface area contributed by atoms with Crippen molar-refractivity contribution in [2.24, 2.45) is 0 Å². The Morgan fingerprint density at radius 3 is 2.79 bits per heavy atom. The molecule has 0 spiro atoms. The van der Waals surface area contributed by atoms with Crippen molar-refractivity contribution in [3.63, 3.8) is 0 Å². The topological polar surface area (TPSA) is 51.2 Å². The third-order valence-electron chi connectivity index (χ3n) is 3.54. The van der Waals surface area contributed by atoms with Gasteiger partial charge in [0.15, 0.2) is 5.13 Å². The molecule has 4 nitrogen and oxygen atoms in total. The SMILES string of the molecule is CCOc1ccc(C(=O)Nc2nc3c(C)cc(C)cc3s2)cc1Cl. The van der Waals surface area contributed by atoms with Crippen LogP contribution in [0, 0.1) is 13.8 Å². The first-order chi connectivity index (χ1) is 11.5. The molecule has 124 valence electrons. The van der Waals surface area contributed by atoms with Crippen LogP contribution in [0.15, 0.2) is 30.3 Å². The van der Waals surface area contributed by atoms with Crippen molar-refractivity contribution in [3.8, 4) is 5.75 Å². The van der Waals surface area contributed by atoms with Crippen LogP contribution in [0.25, 0.3) is 10.2 Å². The van der Waals surface area contributed by atoms with Crippen LogP contribution in [-0.2, 0) is 0 Å². The van der Waals surface area contributed by atoms with E-state index < -0.39 is 0 Å². The Balaban J connectivity index is 1.84. The van der Waals surface area contributed by atoms with Crippen LogP contribution in [0.4, 0.5) is 5.13 Å². The summed E-state index contributed by atoms with van der Waals surface area (Å²) in [5.41, 5.74) is 3.67. The number of carbonyl (C=O) groups is 1. The van der Waals surface area contributed by atoms with Crippen LogP contribution in [0.1, 0.15) is 28.4 Å². The average molecular weight is 361 g/mol. The molecule has 0 aliphatic carbocycles. The van der Waals surface area contributed by atoms with Crippen LogP contribution in [0.3, 0.4) is 0 Å². The fourth-order valence-corrected chi connectivity index (χ4v) is 3.78. The van der Waals surface area contributed by atoms with E-state index in [1.165, 1.54) is 16.9 Å². The Labute approximate surface area is 149 Å². The lowest BCUT2D eigenvalue weighted by atomic mass is 10.1. The smallest absolute Gasteiger partial charge is 0.257 e. The van der Waals surface area contributed by atoms with Gasteiger partial charge in [-0.25, -0.2) is 4.98 Å². The van der Waals surface area contributed by atoms with Crippen molar-refractivity contribution in [2.75, 3.05) is 11.9 Å². The molecule has 1 heterocycles. The molecule has 0 aliphatic heterocycles. The van der Waals surface area contributed by atoms with Gasteiger partial charge in [0.05, 0.1) is 21.8 Å². The number of benzene rings is 2. The number of carbonyl (C=O) groups excluding carboxylic acids is 1. The van der Waals surface area contributed by atoms with Crippen molar-refractivity contribution in [3.05, 3.63) is 52.0 Å². The number of hydrogen-bond donors (Lipinski definition) is 1. The predicted molar refractivity (Wildman–Crippen MR) is 99.7 cm³/mol. The zero-order chi connectivity index (χ0) is 17.3. The molecule has 1 amide bonds. The van der Waals surface area contributed by atoms with Crippen molar-refractivity contribution in [1.29, 1.82) is 0 Å². The molecule has 0 radical (unpaired) electrons. The Bertz CT molecular complexity index is 921. The predicted octanol–water partition coefficient (Wildman–Crippen LogP) is 5.22. The molecule has 24 heavy (non-hydrogen) atoms. The highest BCUT2D eigenvalue weighted by molar-refractivity contribution is 7.22. The highest BCUT2D eigenvalue weighted by atomic mass is 35.5. The average Bonchev–Trinajstić information content (AvgIpc) is 2.92. The molecule has 6 heteroatoms. The first kappa shape index (κ1) is 16.7. The van der Waals surface area contributed by atoms with Crippen molar-refractivity contribution >= 4 is 44.2 Å². The van der Waals surface area contributed by atoms with E-state index in [0.29, 0.717) is 28.1 Å². The molecule has 0 unspecified atom stereocenters. The van der Waals surface area contributed by atoms with Crippen molar-refractivity contribution in [2.45, 2.75) is 20.8 Å². The second-order valence-electron chi connectivity index (χ2n) is 5.48. The zero-order valence-electron chi connectivity index (χ0n) is 13.6. The Hall–Kier alpha value is -2.11. The number of aromatic nitrogens is 1. The minimum absolute atomic E-state index is 0.242. The maximum Gasteiger partial charge on any atom is 0.257 e. The lowest BCUT2D eigenvalue weighted by Gasteiger charge is -2.07. The van der Waals surface area contributed by atoms with Gasteiger partial charge in [-0.05, 0) is 56.2 Å². The van der Waals surface area contributed by atoms with Gasteiger partial charge in [0, 0.05) is 5.56 Å². The summed E-state index contributed by atoms with van der Waals surface area (Å²) < 4.78 is 6.44. The van der Waals surface area contributed by atoms with Crippen LogP contribution in [-0.4, -0.2) is 17.5 Å². The van der Waals surface area contributed by atoms with Gasteiger partial charge < -0.3 is 4.74 Å². The first-order valence-electron chi connectivity index (χ1n) is 7.59.